The number of aromatic nitrogens is 2. The van der Waals surface area contributed by atoms with Crippen molar-refractivity contribution in [2.75, 3.05) is 5.32 Å². The van der Waals surface area contributed by atoms with Crippen LogP contribution in [0.5, 0.6) is 0 Å². The molecule has 0 aliphatic heterocycles. The van der Waals surface area contributed by atoms with Crippen molar-refractivity contribution in [3.63, 3.8) is 0 Å². The van der Waals surface area contributed by atoms with Gasteiger partial charge in [-0.3, -0.25) is 10.1 Å². The molecule has 0 saturated carbocycles. The van der Waals surface area contributed by atoms with Crippen molar-refractivity contribution >= 4 is 55.4 Å². The Balaban J connectivity index is 1.36. The van der Waals surface area contributed by atoms with Gasteiger partial charge in [-0.1, -0.05) is 60.7 Å². The first kappa shape index (κ1) is 20.7. The fourth-order valence-electron chi connectivity index (χ4n) is 4.13. The van der Waals surface area contributed by atoms with E-state index in [1.807, 2.05) is 53.9 Å². The highest BCUT2D eigenvalue weighted by molar-refractivity contribution is 7.15. The highest BCUT2D eigenvalue weighted by atomic mass is 32.1. The number of nitrogens with one attached hydrogen (secondary N) is 1. The van der Waals surface area contributed by atoms with Crippen molar-refractivity contribution < 1.29 is 4.79 Å². The zero-order valence-corrected chi connectivity index (χ0v) is 19.9. The van der Waals surface area contributed by atoms with Crippen molar-refractivity contribution in [2.45, 2.75) is 6.92 Å². The Morgan fingerprint density at radius 2 is 1.62 bits per heavy atom. The third-order valence-corrected chi connectivity index (χ3v) is 7.52. The molecule has 1 N–H and O–H groups in total. The molecular weight excluding hydrogens is 458 g/mol. The molecule has 0 aliphatic carbocycles. The minimum Gasteiger partial charge on any atom is -0.298 e. The molecule has 0 bridgehead atoms. The number of hydrogen-bond donors (Lipinski definition) is 1. The molecule has 0 unspecified atom stereocenters. The summed E-state index contributed by atoms with van der Waals surface area (Å²) in [6, 6.07) is 28.2. The molecule has 0 atom stereocenters. The minimum absolute atomic E-state index is 0.188. The van der Waals surface area contributed by atoms with E-state index >= 15 is 0 Å². The lowest BCUT2D eigenvalue weighted by molar-refractivity contribution is 0.102. The van der Waals surface area contributed by atoms with E-state index in [-0.39, 0.29) is 5.91 Å². The van der Waals surface area contributed by atoms with Crippen LogP contribution in [0.2, 0.25) is 0 Å². The standard InChI is InChI=1S/C28H19N3OS2/c1-17-13-14-26(34-17)24-15-22(21-10-4-5-12-23(21)29-24)27(32)31-28-30-25(16-33-28)20-11-6-8-18-7-2-3-9-19(18)20/h2-16H,1H3,(H,30,31,32). The Morgan fingerprint density at radius 3 is 2.47 bits per heavy atom. The Kier molecular flexibility index (Phi) is 5.17. The van der Waals surface area contributed by atoms with Crippen LogP contribution in [0.25, 0.3) is 43.5 Å². The van der Waals surface area contributed by atoms with Gasteiger partial charge < -0.3 is 0 Å². The summed E-state index contributed by atoms with van der Waals surface area (Å²) in [5.41, 5.74) is 4.10. The van der Waals surface area contributed by atoms with E-state index < -0.39 is 0 Å². The molecule has 0 radical (unpaired) electrons. The summed E-state index contributed by atoms with van der Waals surface area (Å²) < 4.78 is 0. The van der Waals surface area contributed by atoms with Gasteiger partial charge in [-0.05, 0) is 42.0 Å². The maximum Gasteiger partial charge on any atom is 0.258 e. The first-order valence-corrected chi connectivity index (χ1v) is 12.6. The van der Waals surface area contributed by atoms with E-state index in [9.17, 15) is 4.79 Å². The molecule has 6 heteroatoms. The van der Waals surface area contributed by atoms with Gasteiger partial charge in [-0.15, -0.1) is 22.7 Å². The summed E-state index contributed by atoms with van der Waals surface area (Å²) in [5.74, 6) is -0.188. The number of para-hydroxylation sites is 1. The Bertz CT molecular complexity index is 1680. The number of carbonyl (C=O) groups excluding carboxylic acids is 1. The number of amides is 1. The van der Waals surface area contributed by atoms with Gasteiger partial charge in [-0.2, -0.15) is 0 Å². The molecule has 3 heterocycles. The number of thiazole rings is 1. The SMILES string of the molecule is Cc1ccc(-c2cc(C(=O)Nc3nc(-c4cccc5ccccc45)cs3)c3ccccc3n2)s1. The van der Waals surface area contributed by atoms with Gasteiger partial charge >= 0.3 is 0 Å². The van der Waals surface area contributed by atoms with Crippen LogP contribution in [0.15, 0.2) is 90.3 Å². The minimum atomic E-state index is -0.188. The highest BCUT2D eigenvalue weighted by Crippen LogP contribution is 2.33. The topological polar surface area (TPSA) is 54.9 Å². The lowest BCUT2D eigenvalue weighted by Crippen LogP contribution is -2.13. The monoisotopic (exact) mass is 477 g/mol. The normalized spacial score (nSPS) is 11.2. The average molecular weight is 478 g/mol. The quantitative estimate of drug-likeness (QED) is 0.282. The smallest absolute Gasteiger partial charge is 0.258 e. The number of fused-ring (bicyclic) bond motifs is 2. The molecule has 1 amide bonds. The zero-order chi connectivity index (χ0) is 23.1. The number of thiophene rings is 1. The number of hydrogen-bond acceptors (Lipinski definition) is 5. The van der Waals surface area contributed by atoms with Gasteiger partial charge in [0.2, 0.25) is 0 Å². The maximum absolute atomic E-state index is 13.4. The van der Waals surface area contributed by atoms with Gasteiger partial charge in [0, 0.05) is 21.2 Å². The van der Waals surface area contributed by atoms with E-state index in [0.29, 0.717) is 10.7 Å². The van der Waals surface area contributed by atoms with Crippen LogP contribution in [0, 0.1) is 6.92 Å². The predicted molar refractivity (Wildman–Crippen MR) is 143 cm³/mol. The van der Waals surface area contributed by atoms with Crippen molar-refractivity contribution in [1.29, 1.82) is 0 Å². The maximum atomic E-state index is 13.4. The van der Waals surface area contributed by atoms with Crippen LogP contribution in [-0.2, 0) is 0 Å². The third-order valence-electron chi connectivity index (χ3n) is 5.74. The molecule has 34 heavy (non-hydrogen) atoms. The van der Waals surface area contributed by atoms with E-state index in [4.69, 9.17) is 9.97 Å². The average Bonchev–Trinajstić information content (AvgIpc) is 3.52. The van der Waals surface area contributed by atoms with Crippen molar-refractivity contribution in [1.82, 2.24) is 9.97 Å². The molecule has 6 aromatic rings. The number of carbonyl (C=O) groups is 1. The molecule has 3 aromatic heterocycles. The van der Waals surface area contributed by atoms with Crippen LogP contribution in [0.4, 0.5) is 5.13 Å². The molecule has 6 rings (SSSR count). The third kappa shape index (κ3) is 3.77. The molecule has 0 saturated heterocycles. The summed E-state index contributed by atoms with van der Waals surface area (Å²) in [4.78, 5) is 25.2. The summed E-state index contributed by atoms with van der Waals surface area (Å²) in [6.45, 7) is 2.07. The van der Waals surface area contributed by atoms with Gasteiger partial charge in [0.1, 0.15) is 0 Å². The molecule has 4 nitrogen and oxygen atoms in total. The number of anilines is 1. The molecule has 164 valence electrons. The second-order valence-electron chi connectivity index (χ2n) is 8.00. The van der Waals surface area contributed by atoms with Crippen molar-refractivity contribution in [3.8, 4) is 21.8 Å². The van der Waals surface area contributed by atoms with E-state index in [2.05, 4.69) is 48.6 Å². The summed E-state index contributed by atoms with van der Waals surface area (Å²) in [7, 11) is 0. The van der Waals surface area contributed by atoms with Gasteiger partial charge in [0.15, 0.2) is 5.13 Å². The molecule has 0 aliphatic rings. The van der Waals surface area contributed by atoms with Crippen molar-refractivity contribution in [3.05, 3.63) is 101 Å². The fraction of sp³-hybridized carbons (Fsp3) is 0.0357. The second kappa shape index (κ2) is 8.48. The van der Waals surface area contributed by atoms with E-state index in [1.165, 1.54) is 16.2 Å². The Hall–Kier alpha value is -3.87. The lowest BCUT2D eigenvalue weighted by Gasteiger charge is -2.09. The molecular formula is C28H19N3OS2. The highest BCUT2D eigenvalue weighted by Gasteiger charge is 2.17. The Morgan fingerprint density at radius 1 is 0.824 bits per heavy atom. The predicted octanol–water partition coefficient (Wildman–Crippen LogP) is 7.80. The molecule has 3 aromatic carbocycles. The van der Waals surface area contributed by atoms with Gasteiger partial charge in [-0.25, -0.2) is 9.97 Å². The number of aryl methyl sites for hydroxylation is 1. The van der Waals surface area contributed by atoms with Crippen LogP contribution in [0.3, 0.4) is 0 Å². The largest absolute Gasteiger partial charge is 0.298 e. The first-order valence-electron chi connectivity index (χ1n) is 10.9. The van der Waals surface area contributed by atoms with Gasteiger partial charge in [0.05, 0.1) is 27.3 Å². The first-order chi connectivity index (χ1) is 16.7. The fourth-order valence-corrected chi connectivity index (χ4v) is 5.66. The van der Waals surface area contributed by atoms with Crippen LogP contribution >= 0.6 is 22.7 Å². The van der Waals surface area contributed by atoms with Crippen LogP contribution in [-0.4, -0.2) is 15.9 Å². The van der Waals surface area contributed by atoms with Crippen molar-refractivity contribution in [2.24, 2.45) is 0 Å². The lowest BCUT2D eigenvalue weighted by atomic mass is 10.0. The van der Waals surface area contributed by atoms with E-state index in [0.717, 1.165) is 43.5 Å². The number of benzene rings is 3. The van der Waals surface area contributed by atoms with Crippen LogP contribution < -0.4 is 5.32 Å². The van der Waals surface area contributed by atoms with Crippen LogP contribution in [0.1, 0.15) is 15.2 Å². The number of rotatable bonds is 4. The number of pyridine rings is 1. The molecule has 0 spiro atoms. The van der Waals surface area contributed by atoms with Gasteiger partial charge in [0.25, 0.3) is 5.91 Å². The number of nitrogens with zero attached hydrogens (tertiary/aromatic N) is 2. The summed E-state index contributed by atoms with van der Waals surface area (Å²) >= 11 is 3.10. The van der Waals surface area contributed by atoms with E-state index in [1.54, 1.807) is 11.3 Å². The second-order valence-corrected chi connectivity index (χ2v) is 10.1. The summed E-state index contributed by atoms with van der Waals surface area (Å²) in [6.07, 6.45) is 0. The zero-order valence-electron chi connectivity index (χ0n) is 18.3. The summed E-state index contributed by atoms with van der Waals surface area (Å²) in [5, 5.41) is 8.71. The molecule has 0 fully saturated rings. The Labute approximate surface area is 204 Å².